The lowest BCUT2D eigenvalue weighted by molar-refractivity contribution is -0.115. The minimum atomic E-state index is -0.423. The lowest BCUT2D eigenvalue weighted by Crippen LogP contribution is -2.31. The molecule has 6 nitrogen and oxygen atoms in total. The topological polar surface area (TPSA) is 91.1 Å². The van der Waals surface area contributed by atoms with Crippen LogP contribution < -0.4 is 16.2 Å². The van der Waals surface area contributed by atoms with E-state index in [2.05, 4.69) is 15.6 Å². The van der Waals surface area contributed by atoms with Crippen LogP contribution in [0.5, 0.6) is 0 Å². The minimum Gasteiger partial charge on any atom is -0.345 e. The summed E-state index contributed by atoms with van der Waals surface area (Å²) >= 11 is 0. The highest BCUT2D eigenvalue weighted by Crippen LogP contribution is 2.26. The van der Waals surface area contributed by atoms with Gasteiger partial charge < -0.3 is 15.6 Å². The summed E-state index contributed by atoms with van der Waals surface area (Å²) in [7, 11) is 0. The predicted molar refractivity (Wildman–Crippen MR) is 86.5 cm³/mol. The van der Waals surface area contributed by atoms with Crippen molar-refractivity contribution in [2.24, 2.45) is 0 Å². The molecule has 0 radical (unpaired) electrons. The number of carbonyl (C=O) groups excluding carboxylic acids is 2. The Morgan fingerprint density at radius 3 is 2.74 bits per heavy atom. The molecule has 1 aromatic carbocycles. The van der Waals surface area contributed by atoms with Crippen molar-refractivity contribution < 1.29 is 9.59 Å². The molecule has 0 aliphatic carbocycles. The molecule has 23 heavy (non-hydrogen) atoms. The molecule has 2 heterocycles. The Morgan fingerprint density at radius 2 is 2.00 bits per heavy atom. The van der Waals surface area contributed by atoms with Gasteiger partial charge in [-0.05, 0) is 43.2 Å². The Bertz CT molecular complexity index is 854. The highest BCUT2D eigenvalue weighted by atomic mass is 16.2. The third-order valence-corrected chi connectivity index (χ3v) is 3.90. The van der Waals surface area contributed by atoms with E-state index in [1.54, 1.807) is 13.0 Å². The second kappa shape index (κ2) is 5.72. The summed E-state index contributed by atoms with van der Waals surface area (Å²) < 4.78 is 0. The van der Waals surface area contributed by atoms with Crippen molar-refractivity contribution in [1.82, 2.24) is 10.3 Å². The smallest absolute Gasteiger partial charge is 0.260 e. The SMILES string of the molecule is Cc1ccc(C(=O)N[C@H](C)c2ccc3c(c2)CC(=O)N3)c(=O)[nH]1. The van der Waals surface area contributed by atoms with Crippen molar-refractivity contribution in [2.75, 3.05) is 5.32 Å². The summed E-state index contributed by atoms with van der Waals surface area (Å²) in [5, 5.41) is 5.58. The number of nitrogens with one attached hydrogen (secondary N) is 3. The molecule has 3 N–H and O–H groups in total. The van der Waals surface area contributed by atoms with E-state index in [0.29, 0.717) is 12.1 Å². The first-order chi connectivity index (χ1) is 10.9. The van der Waals surface area contributed by atoms with E-state index in [1.807, 2.05) is 25.1 Å². The van der Waals surface area contributed by atoms with Crippen molar-refractivity contribution in [3.8, 4) is 0 Å². The number of anilines is 1. The third-order valence-electron chi connectivity index (χ3n) is 3.90. The largest absolute Gasteiger partial charge is 0.345 e. The van der Waals surface area contributed by atoms with E-state index >= 15 is 0 Å². The highest BCUT2D eigenvalue weighted by Gasteiger charge is 2.20. The summed E-state index contributed by atoms with van der Waals surface area (Å²) in [6, 6.07) is 8.52. The van der Waals surface area contributed by atoms with Crippen LogP contribution in [0.3, 0.4) is 0 Å². The van der Waals surface area contributed by atoms with Gasteiger partial charge in [0.05, 0.1) is 12.5 Å². The molecule has 1 aliphatic heterocycles. The quantitative estimate of drug-likeness (QED) is 0.805. The van der Waals surface area contributed by atoms with Gasteiger partial charge in [0.15, 0.2) is 0 Å². The van der Waals surface area contributed by atoms with Gasteiger partial charge in [-0.3, -0.25) is 14.4 Å². The number of hydrogen-bond acceptors (Lipinski definition) is 3. The average molecular weight is 311 g/mol. The molecule has 0 saturated heterocycles. The van der Waals surface area contributed by atoms with Crippen LogP contribution in [0.2, 0.25) is 0 Å². The zero-order valence-corrected chi connectivity index (χ0v) is 12.9. The van der Waals surface area contributed by atoms with E-state index < -0.39 is 11.5 Å². The maximum Gasteiger partial charge on any atom is 0.260 e. The van der Waals surface area contributed by atoms with Crippen LogP contribution in [0.25, 0.3) is 0 Å². The molecule has 0 bridgehead atoms. The molecule has 0 unspecified atom stereocenters. The zero-order chi connectivity index (χ0) is 16.6. The first kappa shape index (κ1) is 15.0. The minimum absolute atomic E-state index is 0.0278. The van der Waals surface area contributed by atoms with Crippen molar-refractivity contribution in [3.63, 3.8) is 0 Å². The first-order valence-corrected chi connectivity index (χ1v) is 7.37. The van der Waals surface area contributed by atoms with E-state index in [4.69, 9.17) is 0 Å². The first-order valence-electron chi connectivity index (χ1n) is 7.37. The molecule has 0 fully saturated rings. The number of aromatic amines is 1. The number of amides is 2. The van der Waals surface area contributed by atoms with Crippen LogP contribution in [0.1, 0.15) is 40.1 Å². The summed E-state index contributed by atoms with van der Waals surface area (Å²) in [4.78, 5) is 38.1. The van der Waals surface area contributed by atoms with E-state index in [0.717, 1.165) is 16.8 Å². The van der Waals surface area contributed by atoms with Crippen LogP contribution in [-0.4, -0.2) is 16.8 Å². The molecule has 2 amide bonds. The third kappa shape index (κ3) is 3.01. The fourth-order valence-corrected chi connectivity index (χ4v) is 2.63. The monoisotopic (exact) mass is 311 g/mol. The zero-order valence-electron chi connectivity index (χ0n) is 12.9. The van der Waals surface area contributed by atoms with Crippen LogP contribution in [0.4, 0.5) is 5.69 Å². The van der Waals surface area contributed by atoms with Crippen LogP contribution >= 0.6 is 0 Å². The number of benzene rings is 1. The lowest BCUT2D eigenvalue weighted by Gasteiger charge is -2.15. The van der Waals surface area contributed by atoms with E-state index in [1.165, 1.54) is 6.07 Å². The molecule has 6 heteroatoms. The van der Waals surface area contributed by atoms with Gasteiger partial charge in [-0.2, -0.15) is 0 Å². The Kier molecular flexibility index (Phi) is 3.73. The van der Waals surface area contributed by atoms with Crippen molar-refractivity contribution in [1.29, 1.82) is 0 Å². The van der Waals surface area contributed by atoms with Crippen molar-refractivity contribution >= 4 is 17.5 Å². The van der Waals surface area contributed by atoms with Crippen LogP contribution in [-0.2, 0) is 11.2 Å². The molecular formula is C17H17N3O3. The van der Waals surface area contributed by atoms with Gasteiger partial charge in [-0.15, -0.1) is 0 Å². The van der Waals surface area contributed by atoms with Crippen LogP contribution in [0.15, 0.2) is 35.1 Å². The number of carbonyl (C=O) groups is 2. The summed E-state index contributed by atoms with van der Waals surface area (Å²) in [5.41, 5.74) is 3.00. The van der Waals surface area contributed by atoms with Gasteiger partial charge in [0.2, 0.25) is 5.91 Å². The second-order valence-electron chi connectivity index (χ2n) is 5.72. The normalized spacial score (nSPS) is 14.1. The second-order valence-corrected chi connectivity index (χ2v) is 5.72. The highest BCUT2D eigenvalue weighted by molar-refractivity contribution is 5.99. The molecule has 2 aromatic rings. The summed E-state index contributed by atoms with van der Waals surface area (Å²) in [6.07, 6.45) is 0.349. The molecule has 118 valence electrons. The molecule has 3 rings (SSSR count). The van der Waals surface area contributed by atoms with E-state index in [-0.39, 0.29) is 17.5 Å². The Labute approximate surface area is 132 Å². The van der Waals surface area contributed by atoms with Gasteiger partial charge >= 0.3 is 0 Å². The van der Waals surface area contributed by atoms with E-state index in [9.17, 15) is 14.4 Å². The number of pyridine rings is 1. The maximum absolute atomic E-state index is 12.2. The van der Waals surface area contributed by atoms with Crippen LogP contribution in [0, 0.1) is 6.92 Å². The fourth-order valence-electron chi connectivity index (χ4n) is 2.63. The number of rotatable bonds is 3. The number of hydrogen-bond donors (Lipinski definition) is 3. The Morgan fingerprint density at radius 1 is 1.22 bits per heavy atom. The van der Waals surface area contributed by atoms with Crippen molar-refractivity contribution in [2.45, 2.75) is 26.3 Å². The van der Waals surface area contributed by atoms with Gasteiger partial charge in [-0.25, -0.2) is 0 Å². The lowest BCUT2D eigenvalue weighted by atomic mass is 10.0. The summed E-state index contributed by atoms with van der Waals surface area (Å²) in [6.45, 7) is 3.60. The fraction of sp³-hybridized carbons (Fsp3) is 0.235. The predicted octanol–water partition coefficient (Wildman–Crippen LogP) is 1.67. The maximum atomic E-state index is 12.2. The standard InChI is InChI=1S/C17H17N3O3/c1-9-3-5-13(16(22)18-9)17(23)19-10(2)11-4-6-14-12(7-11)8-15(21)20-14/h3-7,10H,8H2,1-2H3,(H,18,22)(H,19,23)(H,20,21)/t10-/m1/s1. The van der Waals surface area contributed by atoms with Gasteiger partial charge in [0.1, 0.15) is 5.56 Å². The molecule has 1 aliphatic rings. The Hall–Kier alpha value is -2.89. The Balaban J connectivity index is 1.78. The van der Waals surface area contributed by atoms with Gasteiger partial charge in [0, 0.05) is 11.4 Å². The number of H-pyrrole nitrogens is 1. The van der Waals surface area contributed by atoms with Crippen molar-refractivity contribution in [3.05, 3.63) is 63.1 Å². The van der Waals surface area contributed by atoms with Gasteiger partial charge in [0.25, 0.3) is 11.5 Å². The molecule has 1 aromatic heterocycles. The molecular weight excluding hydrogens is 294 g/mol. The molecule has 1 atom stereocenters. The molecule has 0 spiro atoms. The summed E-state index contributed by atoms with van der Waals surface area (Å²) in [5.74, 6) is -0.450. The number of aromatic nitrogens is 1. The average Bonchev–Trinajstić information content (AvgIpc) is 2.85. The number of fused-ring (bicyclic) bond motifs is 1. The molecule has 0 saturated carbocycles. The number of aryl methyl sites for hydroxylation is 1. The van der Waals surface area contributed by atoms with Gasteiger partial charge in [-0.1, -0.05) is 12.1 Å².